The summed E-state index contributed by atoms with van der Waals surface area (Å²) in [6.07, 6.45) is 1.86. The maximum absolute atomic E-state index is 11.1. The molecule has 0 aliphatic heterocycles. The Morgan fingerprint density at radius 3 is 2.79 bits per heavy atom. The first-order valence-corrected chi connectivity index (χ1v) is 5.94. The Bertz CT molecular complexity index is 496. The van der Waals surface area contributed by atoms with Crippen LogP contribution in [0, 0.1) is 21.4 Å². The van der Waals surface area contributed by atoms with Crippen molar-refractivity contribution in [1.29, 1.82) is 5.26 Å². The van der Waals surface area contributed by atoms with Gasteiger partial charge in [-0.15, -0.1) is 0 Å². The lowest BCUT2D eigenvalue weighted by atomic mass is 10.2. The maximum atomic E-state index is 11.1. The molecule has 0 radical (unpaired) electrons. The Hall–Kier alpha value is -2.20. The number of anilines is 1. The molecule has 102 valence electrons. The number of pyridine rings is 1. The molecule has 1 N–H and O–H groups in total. The monoisotopic (exact) mass is 264 g/mol. The number of hydrogen-bond donors (Lipinski definition) is 1. The van der Waals surface area contributed by atoms with Crippen molar-refractivity contribution in [2.75, 3.05) is 18.1 Å². The molecule has 0 fully saturated rings. The summed E-state index contributed by atoms with van der Waals surface area (Å²) in [4.78, 5) is 16.3. The van der Waals surface area contributed by atoms with Gasteiger partial charge in [0.1, 0.15) is 11.6 Å². The number of aromatic nitrogens is 1. The Labute approximate surface area is 111 Å². The van der Waals surface area contributed by atoms with Crippen LogP contribution in [0.15, 0.2) is 12.3 Å². The molecular weight excluding hydrogens is 248 g/mol. The van der Waals surface area contributed by atoms with Gasteiger partial charge in [-0.25, -0.2) is 4.98 Å². The van der Waals surface area contributed by atoms with Crippen molar-refractivity contribution in [3.8, 4) is 6.07 Å². The quantitative estimate of drug-likeness (QED) is 0.616. The second-order valence-corrected chi connectivity index (χ2v) is 4.26. The predicted molar refractivity (Wildman–Crippen MR) is 69.8 cm³/mol. The number of rotatable bonds is 6. The number of nitro groups is 1. The number of nitrogens with zero attached hydrogens (tertiary/aromatic N) is 4. The lowest BCUT2D eigenvalue weighted by Crippen LogP contribution is -2.33. The molecule has 0 unspecified atom stereocenters. The molecule has 0 saturated carbocycles. The van der Waals surface area contributed by atoms with Crippen molar-refractivity contribution in [3.63, 3.8) is 0 Å². The van der Waals surface area contributed by atoms with E-state index in [0.29, 0.717) is 13.0 Å². The van der Waals surface area contributed by atoms with E-state index in [9.17, 15) is 10.1 Å². The maximum Gasteiger partial charge on any atom is 0.329 e. The Balaban J connectivity index is 3.30. The van der Waals surface area contributed by atoms with Crippen LogP contribution in [0.25, 0.3) is 0 Å². The second kappa shape index (κ2) is 6.66. The smallest absolute Gasteiger partial charge is 0.329 e. The standard InChI is InChI=1S/C12H16N4O3/c1-9(2)15(6-3-7-17)12-11(16(18)19)10(8-13)4-5-14-12/h4-5,9,17H,3,6-7H2,1-2H3. The van der Waals surface area contributed by atoms with Crippen LogP contribution >= 0.6 is 0 Å². The van der Waals surface area contributed by atoms with Crippen molar-refractivity contribution >= 4 is 11.5 Å². The van der Waals surface area contributed by atoms with Gasteiger partial charge >= 0.3 is 5.69 Å². The van der Waals surface area contributed by atoms with Gasteiger partial charge in [0, 0.05) is 25.4 Å². The Kier molecular flexibility index (Phi) is 5.21. The molecule has 19 heavy (non-hydrogen) atoms. The van der Waals surface area contributed by atoms with E-state index >= 15 is 0 Å². The summed E-state index contributed by atoms with van der Waals surface area (Å²) in [6.45, 7) is 4.19. The molecule has 0 amide bonds. The largest absolute Gasteiger partial charge is 0.396 e. The van der Waals surface area contributed by atoms with E-state index in [0.717, 1.165) is 0 Å². The van der Waals surface area contributed by atoms with Gasteiger partial charge in [-0.3, -0.25) is 10.1 Å². The molecule has 1 heterocycles. The van der Waals surface area contributed by atoms with Crippen LogP contribution in [0.5, 0.6) is 0 Å². The van der Waals surface area contributed by atoms with Crippen LogP contribution in [0.4, 0.5) is 11.5 Å². The lowest BCUT2D eigenvalue weighted by Gasteiger charge is -2.27. The fraction of sp³-hybridized carbons (Fsp3) is 0.500. The van der Waals surface area contributed by atoms with Gasteiger partial charge in [0.05, 0.1) is 4.92 Å². The van der Waals surface area contributed by atoms with Crippen molar-refractivity contribution in [3.05, 3.63) is 27.9 Å². The van der Waals surface area contributed by atoms with E-state index in [1.54, 1.807) is 4.90 Å². The lowest BCUT2D eigenvalue weighted by molar-refractivity contribution is -0.384. The van der Waals surface area contributed by atoms with Crippen LogP contribution < -0.4 is 4.90 Å². The summed E-state index contributed by atoms with van der Waals surface area (Å²) >= 11 is 0. The van der Waals surface area contributed by atoms with Crippen molar-refractivity contribution in [1.82, 2.24) is 4.98 Å². The average molecular weight is 264 g/mol. The number of aliphatic hydroxyl groups excluding tert-OH is 1. The van der Waals surface area contributed by atoms with E-state index in [2.05, 4.69) is 4.98 Å². The first-order chi connectivity index (χ1) is 9.02. The van der Waals surface area contributed by atoms with Crippen LogP contribution in [0.2, 0.25) is 0 Å². The van der Waals surface area contributed by atoms with Gasteiger partial charge in [0.2, 0.25) is 5.82 Å². The third kappa shape index (κ3) is 3.39. The van der Waals surface area contributed by atoms with Crippen LogP contribution in [-0.2, 0) is 0 Å². The minimum Gasteiger partial charge on any atom is -0.396 e. The second-order valence-electron chi connectivity index (χ2n) is 4.26. The fourth-order valence-electron chi connectivity index (χ4n) is 1.77. The van der Waals surface area contributed by atoms with E-state index in [1.165, 1.54) is 12.3 Å². The Morgan fingerprint density at radius 1 is 1.63 bits per heavy atom. The third-order valence-electron chi connectivity index (χ3n) is 2.66. The Morgan fingerprint density at radius 2 is 2.32 bits per heavy atom. The van der Waals surface area contributed by atoms with Crippen LogP contribution in [0.3, 0.4) is 0 Å². The summed E-state index contributed by atoms with van der Waals surface area (Å²) < 4.78 is 0. The molecule has 7 nitrogen and oxygen atoms in total. The van der Waals surface area contributed by atoms with E-state index in [4.69, 9.17) is 10.4 Å². The van der Waals surface area contributed by atoms with Crippen LogP contribution in [-0.4, -0.2) is 34.2 Å². The van der Waals surface area contributed by atoms with E-state index < -0.39 is 4.92 Å². The summed E-state index contributed by atoms with van der Waals surface area (Å²) in [5.41, 5.74) is -0.290. The average Bonchev–Trinajstić information content (AvgIpc) is 2.38. The van der Waals surface area contributed by atoms with Gasteiger partial charge in [0.15, 0.2) is 0 Å². The summed E-state index contributed by atoms with van der Waals surface area (Å²) in [7, 11) is 0. The third-order valence-corrected chi connectivity index (χ3v) is 2.66. The zero-order valence-electron chi connectivity index (χ0n) is 10.9. The van der Waals surface area contributed by atoms with Crippen molar-refractivity contribution in [2.24, 2.45) is 0 Å². The fourth-order valence-corrected chi connectivity index (χ4v) is 1.77. The first-order valence-electron chi connectivity index (χ1n) is 5.94. The molecule has 1 rings (SSSR count). The molecule has 1 aromatic rings. The van der Waals surface area contributed by atoms with Crippen molar-refractivity contribution < 1.29 is 10.0 Å². The molecular formula is C12H16N4O3. The van der Waals surface area contributed by atoms with Gasteiger partial charge < -0.3 is 10.0 Å². The number of hydrogen-bond acceptors (Lipinski definition) is 6. The predicted octanol–water partition coefficient (Wildman–Crippen LogP) is 1.46. The van der Waals surface area contributed by atoms with E-state index in [-0.39, 0.29) is 29.7 Å². The number of aliphatic hydroxyl groups is 1. The van der Waals surface area contributed by atoms with Gasteiger partial charge in [-0.05, 0) is 26.3 Å². The normalized spacial score (nSPS) is 10.3. The molecule has 0 spiro atoms. The van der Waals surface area contributed by atoms with Gasteiger partial charge in [0.25, 0.3) is 0 Å². The topological polar surface area (TPSA) is 103 Å². The van der Waals surface area contributed by atoms with Gasteiger partial charge in [-0.1, -0.05) is 0 Å². The van der Waals surface area contributed by atoms with Gasteiger partial charge in [-0.2, -0.15) is 5.26 Å². The van der Waals surface area contributed by atoms with Crippen molar-refractivity contribution in [2.45, 2.75) is 26.3 Å². The van der Waals surface area contributed by atoms with E-state index in [1.807, 2.05) is 19.9 Å². The SMILES string of the molecule is CC(C)N(CCCO)c1nccc(C#N)c1[N+](=O)[O-]. The highest BCUT2D eigenvalue weighted by molar-refractivity contribution is 5.65. The summed E-state index contributed by atoms with van der Waals surface area (Å²) in [5.74, 6) is 0.174. The molecule has 7 heteroatoms. The number of nitriles is 1. The molecule has 1 aromatic heterocycles. The highest BCUT2D eigenvalue weighted by atomic mass is 16.6. The highest BCUT2D eigenvalue weighted by Gasteiger charge is 2.26. The zero-order valence-corrected chi connectivity index (χ0v) is 10.9. The molecule has 0 atom stereocenters. The molecule has 0 bridgehead atoms. The molecule has 0 aromatic carbocycles. The zero-order chi connectivity index (χ0) is 14.4. The van der Waals surface area contributed by atoms with Crippen LogP contribution in [0.1, 0.15) is 25.8 Å². The molecule has 0 saturated heterocycles. The summed E-state index contributed by atoms with van der Waals surface area (Å²) in [6, 6.07) is 3.11. The first kappa shape index (κ1) is 14.9. The highest BCUT2D eigenvalue weighted by Crippen LogP contribution is 2.30. The molecule has 0 aliphatic rings. The molecule has 0 aliphatic carbocycles. The summed E-state index contributed by atoms with van der Waals surface area (Å²) in [5, 5.41) is 29.0. The minimum atomic E-state index is -0.588. The minimum absolute atomic E-state index is 0.00500.